The summed E-state index contributed by atoms with van der Waals surface area (Å²) in [5.41, 5.74) is 1.07. The van der Waals surface area contributed by atoms with Gasteiger partial charge in [0.25, 0.3) is 0 Å². The molecule has 1 aromatic rings. The van der Waals surface area contributed by atoms with E-state index >= 15 is 0 Å². The van der Waals surface area contributed by atoms with E-state index in [2.05, 4.69) is 5.32 Å². The fourth-order valence-corrected chi connectivity index (χ4v) is 2.65. The zero-order valence-corrected chi connectivity index (χ0v) is 11.1. The highest BCUT2D eigenvalue weighted by Crippen LogP contribution is 2.31. The zero-order chi connectivity index (χ0) is 12.4. The monoisotopic (exact) mass is 271 g/mol. The second kappa shape index (κ2) is 5.29. The van der Waals surface area contributed by atoms with Crippen LogP contribution in [0.15, 0.2) is 17.0 Å². The number of hydrogen-bond donors (Lipinski definition) is 2. The lowest BCUT2D eigenvalue weighted by atomic mass is 10.1. The van der Waals surface area contributed by atoms with Gasteiger partial charge in [-0.2, -0.15) is 0 Å². The lowest BCUT2D eigenvalue weighted by molar-refractivity contribution is 0.0697. The van der Waals surface area contributed by atoms with Crippen LogP contribution in [0.2, 0.25) is 5.02 Å². The van der Waals surface area contributed by atoms with Gasteiger partial charge < -0.3 is 10.4 Å². The third kappa shape index (κ3) is 2.94. The molecule has 0 aromatic heterocycles. The van der Waals surface area contributed by atoms with Crippen LogP contribution in [-0.2, 0) is 6.54 Å². The number of aromatic carboxylic acids is 1. The van der Waals surface area contributed by atoms with Crippen molar-refractivity contribution in [3.63, 3.8) is 0 Å². The first-order chi connectivity index (χ1) is 8.13. The first kappa shape index (κ1) is 12.7. The summed E-state index contributed by atoms with van der Waals surface area (Å²) in [6.45, 7) is 0.640. The number of carbonyl (C=O) groups is 1. The fourth-order valence-electron chi connectivity index (χ4n) is 1.66. The smallest absolute Gasteiger partial charge is 0.337 e. The molecule has 0 amide bonds. The predicted octanol–water partition coefficient (Wildman–Crippen LogP) is 3.01. The largest absolute Gasteiger partial charge is 0.478 e. The Morgan fingerprint density at radius 1 is 1.59 bits per heavy atom. The summed E-state index contributed by atoms with van der Waals surface area (Å²) in [5.74, 6) is -0.977. The van der Waals surface area contributed by atoms with Crippen molar-refractivity contribution in [2.24, 2.45) is 0 Å². The minimum Gasteiger partial charge on any atom is -0.478 e. The number of carboxylic acid groups (broad SMARTS) is 1. The highest BCUT2D eigenvalue weighted by molar-refractivity contribution is 7.98. The van der Waals surface area contributed by atoms with Crippen LogP contribution >= 0.6 is 23.4 Å². The number of rotatable bonds is 5. The summed E-state index contributed by atoms with van der Waals surface area (Å²) in [4.78, 5) is 12.0. The van der Waals surface area contributed by atoms with Gasteiger partial charge in [-0.15, -0.1) is 11.8 Å². The normalized spacial score (nSPS) is 14.9. The van der Waals surface area contributed by atoms with Gasteiger partial charge in [-0.3, -0.25) is 0 Å². The van der Waals surface area contributed by atoms with E-state index in [1.807, 2.05) is 12.3 Å². The van der Waals surface area contributed by atoms with Gasteiger partial charge >= 0.3 is 5.97 Å². The molecule has 0 atom stereocenters. The Kier molecular flexibility index (Phi) is 3.97. The SMILES string of the molecule is CSc1ccc(C(=O)O)c(Cl)c1CNC1CC1. The Hall–Kier alpha value is -0.710. The maximum absolute atomic E-state index is 11.0. The molecule has 0 radical (unpaired) electrons. The minimum absolute atomic E-state index is 0.178. The lowest BCUT2D eigenvalue weighted by Gasteiger charge is -2.12. The van der Waals surface area contributed by atoms with Crippen LogP contribution in [0.3, 0.4) is 0 Å². The van der Waals surface area contributed by atoms with E-state index in [1.54, 1.807) is 17.8 Å². The second-order valence-electron chi connectivity index (χ2n) is 4.07. The zero-order valence-electron chi connectivity index (χ0n) is 9.50. The molecule has 0 saturated heterocycles. The topological polar surface area (TPSA) is 49.3 Å². The first-order valence-electron chi connectivity index (χ1n) is 5.45. The standard InChI is InChI=1S/C12H14ClNO2S/c1-17-10-5-4-8(12(15)16)11(13)9(10)6-14-7-2-3-7/h4-5,7,14H,2-3,6H2,1H3,(H,15,16). The second-order valence-corrected chi connectivity index (χ2v) is 5.29. The van der Waals surface area contributed by atoms with Crippen LogP contribution in [0.5, 0.6) is 0 Å². The van der Waals surface area contributed by atoms with E-state index in [0.717, 1.165) is 10.5 Å². The summed E-state index contributed by atoms with van der Waals surface area (Å²) in [5, 5.41) is 12.8. The first-order valence-corrected chi connectivity index (χ1v) is 7.05. The Morgan fingerprint density at radius 2 is 2.29 bits per heavy atom. The molecule has 0 heterocycles. The quantitative estimate of drug-likeness (QED) is 0.809. The molecule has 0 bridgehead atoms. The lowest BCUT2D eigenvalue weighted by Crippen LogP contribution is -2.17. The average Bonchev–Trinajstić information content (AvgIpc) is 3.10. The molecule has 5 heteroatoms. The van der Waals surface area contributed by atoms with Crippen molar-refractivity contribution in [2.75, 3.05) is 6.26 Å². The number of halogens is 1. The van der Waals surface area contributed by atoms with Crippen LogP contribution in [0.1, 0.15) is 28.8 Å². The Morgan fingerprint density at radius 3 is 2.82 bits per heavy atom. The Balaban J connectivity index is 2.29. The summed E-state index contributed by atoms with van der Waals surface area (Å²) >= 11 is 7.74. The van der Waals surface area contributed by atoms with Crippen LogP contribution in [0.25, 0.3) is 0 Å². The Bertz CT molecular complexity index is 446. The van der Waals surface area contributed by atoms with E-state index in [-0.39, 0.29) is 5.56 Å². The third-order valence-electron chi connectivity index (χ3n) is 2.80. The number of benzene rings is 1. The molecule has 0 aliphatic heterocycles. The van der Waals surface area contributed by atoms with E-state index in [9.17, 15) is 4.79 Å². The molecule has 1 aliphatic carbocycles. The number of carboxylic acids is 1. The molecule has 1 fully saturated rings. The van der Waals surface area contributed by atoms with Gasteiger partial charge in [0.1, 0.15) is 0 Å². The van der Waals surface area contributed by atoms with Crippen LogP contribution in [0.4, 0.5) is 0 Å². The molecule has 92 valence electrons. The Labute approximate surface area is 110 Å². The molecular weight excluding hydrogens is 258 g/mol. The van der Waals surface area contributed by atoms with E-state index < -0.39 is 5.97 Å². The summed E-state index contributed by atoms with van der Waals surface area (Å²) in [6.07, 6.45) is 4.36. The van der Waals surface area contributed by atoms with Gasteiger partial charge in [-0.25, -0.2) is 4.79 Å². The van der Waals surface area contributed by atoms with Crippen molar-refractivity contribution in [1.82, 2.24) is 5.32 Å². The average molecular weight is 272 g/mol. The molecule has 2 rings (SSSR count). The van der Waals surface area contributed by atoms with Gasteiger partial charge in [0, 0.05) is 17.5 Å². The van der Waals surface area contributed by atoms with Gasteiger partial charge in [0.15, 0.2) is 0 Å². The van der Waals surface area contributed by atoms with Crippen molar-refractivity contribution in [1.29, 1.82) is 0 Å². The molecule has 1 aliphatic rings. The molecule has 3 nitrogen and oxygen atoms in total. The third-order valence-corrected chi connectivity index (χ3v) is 4.05. The van der Waals surface area contributed by atoms with Crippen molar-refractivity contribution < 1.29 is 9.90 Å². The molecule has 1 aromatic carbocycles. The maximum Gasteiger partial charge on any atom is 0.337 e. The molecule has 0 spiro atoms. The van der Waals surface area contributed by atoms with Gasteiger partial charge in [0.05, 0.1) is 10.6 Å². The molecule has 2 N–H and O–H groups in total. The van der Waals surface area contributed by atoms with E-state index in [4.69, 9.17) is 16.7 Å². The van der Waals surface area contributed by atoms with Crippen LogP contribution in [0, 0.1) is 0 Å². The molecule has 1 saturated carbocycles. The van der Waals surface area contributed by atoms with E-state index in [1.165, 1.54) is 12.8 Å². The highest BCUT2D eigenvalue weighted by Gasteiger charge is 2.22. The summed E-state index contributed by atoms with van der Waals surface area (Å²) < 4.78 is 0. The van der Waals surface area contributed by atoms with Crippen molar-refractivity contribution in [3.05, 3.63) is 28.3 Å². The van der Waals surface area contributed by atoms with Crippen LogP contribution in [-0.4, -0.2) is 23.4 Å². The number of nitrogens with one attached hydrogen (secondary N) is 1. The van der Waals surface area contributed by atoms with Crippen molar-refractivity contribution >= 4 is 29.3 Å². The fraction of sp³-hybridized carbons (Fsp3) is 0.417. The van der Waals surface area contributed by atoms with Gasteiger partial charge in [-0.1, -0.05) is 11.6 Å². The minimum atomic E-state index is -0.977. The van der Waals surface area contributed by atoms with Crippen LogP contribution < -0.4 is 5.32 Å². The van der Waals surface area contributed by atoms with Crippen molar-refractivity contribution in [3.8, 4) is 0 Å². The van der Waals surface area contributed by atoms with E-state index in [0.29, 0.717) is 17.6 Å². The van der Waals surface area contributed by atoms with Gasteiger partial charge in [-0.05, 0) is 36.8 Å². The van der Waals surface area contributed by atoms with Crippen molar-refractivity contribution in [2.45, 2.75) is 30.3 Å². The maximum atomic E-state index is 11.0. The molecular formula is C12H14ClNO2S. The summed E-state index contributed by atoms with van der Waals surface area (Å²) in [7, 11) is 0. The molecule has 0 unspecified atom stereocenters. The predicted molar refractivity (Wildman–Crippen MR) is 70.1 cm³/mol. The highest BCUT2D eigenvalue weighted by atomic mass is 35.5. The molecule has 17 heavy (non-hydrogen) atoms. The number of hydrogen-bond acceptors (Lipinski definition) is 3. The van der Waals surface area contributed by atoms with Gasteiger partial charge in [0.2, 0.25) is 0 Å². The summed E-state index contributed by atoms with van der Waals surface area (Å²) in [6, 6.07) is 3.97. The number of thioether (sulfide) groups is 1.